The molecular weight excluding hydrogens is 180 g/mol. The van der Waals surface area contributed by atoms with Gasteiger partial charge in [0.25, 0.3) is 5.91 Å². The van der Waals surface area contributed by atoms with Crippen molar-refractivity contribution in [1.82, 2.24) is 20.8 Å². The summed E-state index contributed by atoms with van der Waals surface area (Å²) < 4.78 is 0. The van der Waals surface area contributed by atoms with Crippen molar-refractivity contribution in [3.63, 3.8) is 0 Å². The van der Waals surface area contributed by atoms with Crippen molar-refractivity contribution in [2.45, 2.75) is 26.3 Å². The summed E-state index contributed by atoms with van der Waals surface area (Å²) in [5, 5.41) is 0. The van der Waals surface area contributed by atoms with Crippen molar-refractivity contribution in [2.75, 3.05) is 0 Å². The third-order valence-electron chi connectivity index (χ3n) is 1.35. The van der Waals surface area contributed by atoms with Crippen molar-refractivity contribution in [3.8, 4) is 0 Å². The summed E-state index contributed by atoms with van der Waals surface area (Å²) in [6.45, 7) is 5.85. The number of carbonyl (C=O) groups excluding carboxylic acids is 1. The highest BCUT2D eigenvalue weighted by molar-refractivity contribution is 5.91. The molecule has 0 spiro atoms. The monoisotopic (exact) mass is 194 g/mol. The van der Waals surface area contributed by atoms with Gasteiger partial charge in [0.1, 0.15) is 5.69 Å². The van der Waals surface area contributed by atoms with E-state index >= 15 is 0 Å². The quantitative estimate of drug-likeness (QED) is 0.673. The Morgan fingerprint density at radius 2 is 2.07 bits per heavy atom. The number of nitrogens with one attached hydrogen (secondary N) is 2. The number of hydrogen-bond donors (Lipinski definition) is 2. The molecule has 14 heavy (non-hydrogen) atoms. The zero-order chi connectivity index (χ0) is 10.6. The van der Waals surface area contributed by atoms with Crippen LogP contribution in [0.15, 0.2) is 18.6 Å². The van der Waals surface area contributed by atoms with Crippen LogP contribution in [0.2, 0.25) is 0 Å². The van der Waals surface area contributed by atoms with E-state index in [1.54, 1.807) is 0 Å². The highest BCUT2D eigenvalue weighted by Crippen LogP contribution is 1.96. The van der Waals surface area contributed by atoms with Crippen LogP contribution < -0.4 is 10.9 Å². The van der Waals surface area contributed by atoms with Crippen LogP contribution >= 0.6 is 0 Å². The lowest BCUT2D eigenvalue weighted by Gasteiger charge is -2.20. The maximum atomic E-state index is 11.4. The van der Waals surface area contributed by atoms with Crippen LogP contribution in [0.25, 0.3) is 0 Å². The van der Waals surface area contributed by atoms with Gasteiger partial charge < -0.3 is 0 Å². The molecule has 0 unspecified atom stereocenters. The molecule has 0 saturated heterocycles. The molecule has 0 aliphatic heterocycles. The second-order valence-electron chi connectivity index (χ2n) is 3.92. The summed E-state index contributed by atoms with van der Waals surface area (Å²) in [6.07, 6.45) is 4.42. The van der Waals surface area contributed by atoms with Crippen molar-refractivity contribution < 1.29 is 4.79 Å². The number of carbonyl (C=O) groups is 1. The van der Waals surface area contributed by atoms with E-state index in [-0.39, 0.29) is 11.4 Å². The summed E-state index contributed by atoms with van der Waals surface area (Å²) in [4.78, 5) is 19.1. The lowest BCUT2D eigenvalue weighted by molar-refractivity contribution is 0.0909. The number of aromatic nitrogens is 2. The van der Waals surface area contributed by atoms with Crippen LogP contribution in [-0.4, -0.2) is 21.4 Å². The number of hydrogen-bond acceptors (Lipinski definition) is 4. The van der Waals surface area contributed by atoms with Gasteiger partial charge in [-0.3, -0.25) is 15.2 Å². The molecule has 1 rings (SSSR count). The Hall–Kier alpha value is -1.49. The van der Waals surface area contributed by atoms with E-state index in [1.165, 1.54) is 18.6 Å². The summed E-state index contributed by atoms with van der Waals surface area (Å²) in [5.41, 5.74) is 5.53. The van der Waals surface area contributed by atoms with Crippen LogP contribution in [0.5, 0.6) is 0 Å². The minimum Gasteiger partial charge on any atom is -0.286 e. The number of amides is 1. The molecule has 1 aromatic heterocycles. The number of nitrogens with zero attached hydrogens (tertiary/aromatic N) is 2. The van der Waals surface area contributed by atoms with E-state index in [0.717, 1.165) is 0 Å². The molecule has 0 aliphatic rings. The van der Waals surface area contributed by atoms with Crippen molar-refractivity contribution in [2.24, 2.45) is 0 Å². The third-order valence-corrected chi connectivity index (χ3v) is 1.35. The van der Waals surface area contributed by atoms with Gasteiger partial charge >= 0.3 is 0 Å². The molecule has 0 bridgehead atoms. The Kier molecular flexibility index (Phi) is 3.14. The maximum Gasteiger partial charge on any atom is 0.285 e. The third kappa shape index (κ3) is 3.49. The lowest BCUT2D eigenvalue weighted by Crippen LogP contribution is -2.48. The Bertz CT molecular complexity index is 304. The predicted octanol–water partition coefficient (Wildman–Crippen LogP) is 0.509. The summed E-state index contributed by atoms with van der Waals surface area (Å²) >= 11 is 0. The van der Waals surface area contributed by atoms with Crippen LogP contribution in [0, 0.1) is 0 Å². The number of hydrazine groups is 1. The fourth-order valence-corrected chi connectivity index (χ4v) is 0.725. The molecule has 0 atom stereocenters. The minimum atomic E-state index is -0.284. The van der Waals surface area contributed by atoms with Crippen LogP contribution in [0.4, 0.5) is 0 Å². The average Bonchev–Trinajstić information content (AvgIpc) is 2.14. The molecule has 5 heteroatoms. The van der Waals surface area contributed by atoms with Crippen molar-refractivity contribution in [3.05, 3.63) is 24.3 Å². The zero-order valence-electron chi connectivity index (χ0n) is 8.53. The Morgan fingerprint density at radius 1 is 1.36 bits per heavy atom. The fourth-order valence-electron chi connectivity index (χ4n) is 0.725. The molecule has 5 nitrogen and oxygen atoms in total. The van der Waals surface area contributed by atoms with Crippen LogP contribution in [0.3, 0.4) is 0 Å². The lowest BCUT2D eigenvalue weighted by atomic mass is 10.1. The summed E-state index contributed by atoms with van der Waals surface area (Å²) in [5.74, 6) is -0.284. The molecule has 1 amide bonds. The minimum absolute atomic E-state index is 0.169. The summed E-state index contributed by atoms with van der Waals surface area (Å²) in [7, 11) is 0. The van der Waals surface area contributed by atoms with Crippen LogP contribution in [0.1, 0.15) is 31.3 Å². The zero-order valence-corrected chi connectivity index (χ0v) is 8.53. The highest BCUT2D eigenvalue weighted by atomic mass is 16.2. The van der Waals surface area contributed by atoms with Crippen molar-refractivity contribution >= 4 is 5.91 Å². The standard InChI is InChI=1S/C9H14N4O/c1-9(2,3)13-12-8(14)7-6-10-4-5-11-7/h4-6,13H,1-3H3,(H,12,14). The van der Waals surface area contributed by atoms with Gasteiger partial charge in [0.15, 0.2) is 0 Å². The van der Waals surface area contributed by atoms with E-state index < -0.39 is 0 Å². The van der Waals surface area contributed by atoms with E-state index in [2.05, 4.69) is 20.8 Å². The molecule has 0 aliphatic carbocycles. The molecule has 76 valence electrons. The largest absolute Gasteiger partial charge is 0.286 e. The van der Waals surface area contributed by atoms with Gasteiger partial charge in [-0.25, -0.2) is 10.4 Å². The molecule has 1 heterocycles. The molecule has 2 N–H and O–H groups in total. The first kappa shape index (κ1) is 10.6. The van der Waals surface area contributed by atoms with Gasteiger partial charge in [0.05, 0.1) is 6.20 Å². The first-order chi connectivity index (χ1) is 6.49. The smallest absolute Gasteiger partial charge is 0.285 e. The second kappa shape index (κ2) is 4.15. The van der Waals surface area contributed by atoms with Gasteiger partial charge in [0, 0.05) is 17.9 Å². The van der Waals surface area contributed by atoms with Gasteiger partial charge in [-0.05, 0) is 20.8 Å². The van der Waals surface area contributed by atoms with Gasteiger partial charge in [-0.2, -0.15) is 0 Å². The van der Waals surface area contributed by atoms with Gasteiger partial charge in [-0.15, -0.1) is 0 Å². The van der Waals surface area contributed by atoms with E-state index in [0.29, 0.717) is 5.69 Å². The maximum absolute atomic E-state index is 11.4. The van der Waals surface area contributed by atoms with E-state index in [4.69, 9.17) is 0 Å². The van der Waals surface area contributed by atoms with Gasteiger partial charge in [-0.1, -0.05) is 0 Å². The van der Waals surface area contributed by atoms with Crippen LogP contribution in [-0.2, 0) is 0 Å². The Labute approximate surface area is 82.9 Å². The molecule has 0 aromatic carbocycles. The first-order valence-corrected chi connectivity index (χ1v) is 4.32. The second-order valence-corrected chi connectivity index (χ2v) is 3.92. The number of rotatable bonds is 2. The van der Waals surface area contributed by atoms with Gasteiger partial charge in [0.2, 0.25) is 0 Å². The van der Waals surface area contributed by atoms with E-state index in [9.17, 15) is 4.79 Å². The topological polar surface area (TPSA) is 66.9 Å². The predicted molar refractivity (Wildman–Crippen MR) is 52.4 cm³/mol. The highest BCUT2D eigenvalue weighted by Gasteiger charge is 2.12. The van der Waals surface area contributed by atoms with Crippen molar-refractivity contribution in [1.29, 1.82) is 0 Å². The molecule has 0 saturated carbocycles. The first-order valence-electron chi connectivity index (χ1n) is 4.32. The molecule has 1 aromatic rings. The molecular formula is C9H14N4O. The molecule has 0 fully saturated rings. The molecule has 0 radical (unpaired) electrons. The Balaban J connectivity index is 2.52. The fraction of sp³-hybridized carbons (Fsp3) is 0.444. The van der Waals surface area contributed by atoms with E-state index in [1.807, 2.05) is 20.8 Å². The SMILES string of the molecule is CC(C)(C)NNC(=O)c1cnccn1. The normalized spacial score (nSPS) is 11.1. The average molecular weight is 194 g/mol. The Morgan fingerprint density at radius 3 is 2.57 bits per heavy atom. The summed E-state index contributed by atoms with van der Waals surface area (Å²) in [6, 6.07) is 0.